The largest absolute Gasteiger partial charge is 0.281 e. The van der Waals surface area contributed by atoms with E-state index in [4.69, 9.17) is 34.8 Å². The highest BCUT2D eigenvalue weighted by Crippen LogP contribution is 2.33. The lowest BCUT2D eigenvalue weighted by Crippen LogP contribution is -1.98. The molecule has 0 bridgehead atoms. The summed E-state index contributed by atoms with van der Waals surface area (Å²) in [7, 11) is 0. The van der Waals surface area contributed by atoms with Crippen molar-refractivity contribution in [1.82, 2.24) is 4.98 Å². The van der Waals surface area contributed by atoms with Gasteiger partial charge in [0.25, 0.3) is 11.7 Å². The van der Waals surface area contributed by atoms with Gasteiger partial charge >= 0.3 is 0 Å². The third-order valence-corrected chi connectivity index (χ3v) is 2.48. The van der Waals surface area contributed by atoms with Gasteiger partial charge in [0.2, 0.25) is 0 Å². The van der Waals surface area contributed by atoms with E-state index in [0.717, 1.165) is 6.20 Å². The van der Waals surface area contributed by atoms with Gasteiger partial charge in [-0.15, -0.1) is 0 Å². The van der Waals surface area contributed by atoms with Crippen LogP contribution in [0.4, 0.5) is 8.78 Å². The normalized spacial score (nSPS) is 10.7. The van der Waals surface area contributed by atoms with E-state index < -0.39 is 22.4 Å². The van der Waals surface area contributed by atoms with E-state index in [0.29, 0.717) is 0 Å². The first-order valence-corrected chi connectivity index (χ1v) is 4.40. The summed E-state index contributed by atoms with van der Waals surface area (Å²) in [5.41, 5.74) is -0.860. The molecule has 1 aromatic rings. The Labute approximate surface area is 92.8 Å². The van der Waals surface area contributed by atoms with Crippen LogP contribution in [-0.2, 0) is 0 Å². The molecule has 1 rings (SSSR count). The number of carbonyl (C=O) groups is 1. The summed E-state index contributed by atoms with van der Waals surface area (Å²) in [5.74, 6) is 0. The number of halogens is 5. The first kappa shape index (κ1) is 11.6. The van der Waals surface area contributed by atoms with Gasteiger partial charge in [-0.25, -0.2) is 8.78 Å². The van der Waals surface area contributed by atoms with Crippen LogP contribution in [0.5, 0.6) is 0 Å². The van der Waals surface area contributed by atoms with Crippen molar-refractivity contribution in [1.29, 1.82) is 0 Å². The molecule has 0 fully saturated rings. The van der Waals surface area contributed by atoms with Gasteiger partial charge in [-0.1, -0.05) is 23.2 Å². The predicted octanol–water partition coefficient (Wildman–Crippen LogP) is 3.71. The molecule has 76 valence electrons. The van der Waals surface area contributed by atoms with Crippen molar-refractivity contribution in [2.24, 2.45) is 0 Å². The molecule has 1 heterocycles. The Kier molecular flexibility index (Phi) is 3.64. The van der Waals surface area contributed by atoms with Crippen LogP contribution in [0.3, 0.4) is 0 Å². The predicted molar refractivity (Wildman–Crippen MR) is 49.4 cm³/mol. The molecular weight excluding hydrogens is 258 g/mol. The highest BCUT2D eigenvalue weighted by Gasteiger charge is 2.20. The first-order valence-electron chi connectivity index (χ1n) is 3.27. The molecule has 0 aliphatic heterocycles. The molecule has 0 aliphatic rings. The minimum absolute atomic E-state index is 0.192. The lowest BCUT2D eigenvalue weighted by Gasteiger charge is -2.05. The second-order valence-electron chi connectivity index (χ2n) is 2.26. The van der Waals surface area contributed by atoms with Gasteiger partial charge < -0.3 is 0 Å². The van der Waals surface area contributed by atoms with Crippen molar-refractivity contribution in [3.63, 3.8) is 0 Å². The summed E-state index contributed by atoms with van der Waals surface area (Å²) in [6, 6.07) is 0. The maximum absolute atomic E-state index is 12.2. The van der Waals surface area contributed by atoms with Crippen molar-refractivity contribution >= 4 is 40.0 Å². The molecule has 0 N–H and O–H groups in total. The molecule has 0 aromatic carbocycles. The van der Waals surface area contributed by atoms with Crippen LogP contribution >= 0.6 is 34.8 Å². The molecule has 2 nitrogen and oxygen atoms in total. The average molecular weight is 260 g/mol. The Bertz CT molecular complexity index is 383. The standard InChI is InChI=1S/C7H2Cl3F2NO/c8-3-2(6(10)14)1-13-5(4(3)9)7(11)12/h1,7H. The van der Waals surface area contributed by atoms with Gasteiger partial charge in [0, 0.05) is 6.20 Å². The molecule has 0 saturated heterocycles. The van der Waals surface area contributed by atoms with Crippen molar-refractivity contribution in [3.8, 4) is 0 Å². The van der Waals surface area contributed by atoms with E-state index in [2.05, 4.69) is 4.98 Å². The zero-order valence-electron chi connectivity index (χ0n) is 6.40. The Morgan fingerprint density at radius 3 is 2.36 bits per heavy atom. The van der Waals surface area contributed by atoms with Crippen LogP contribution in [0.2, 0.25) is 10.0 Å². The summed E-state index contributed by atoms with van der Waals surface area (Å²) in [4.78, 5) is 14.0. The number of carbonyl (C=O) groups excluding carboxylic acids is 1. The molecule has 0 saturated carbocycles. The van der Waals surface area contributed by atoms with Crippen molar-refractivity contribution in [2.75, 3.05) is 0 Å². The summed E-state index contributed by atoms with van der Waals surface area (Å²) in [6.07, 6.45) is -1.98. The lowest BCUT2D eigenvalue weighted by molar-refractivity contribution is 0.108. The molecule has 1 aromatic heterocycles. The Morgan fingerprint density at radius 1 is 1.36 bits per heavy atom. The van der Waals surface area contributed by atoms with Gasteiger partial charge in [-0.2, -0.15) is 0 Å². The Balaban J connectivity index is 3.33. The minimum atomic E-state index is -2.85. The minimum Gasteiger partial charge on any atom is -0.275 e. The van der Waals surface area contributed by atoms with Crippen LogP contribution in [0.1, 0.15) is 22.5 Å². The van der Waals surface area contributed by atoms with Gasteiger partial charge in [-0.05, 0) is 11.6 Å². The van der Waals surface area contributed by atoms with Crippen LogP contribution in [-0.4, -0.2) is 10.2 Å². The third-order valence-electron chi connectivity index (χ3n) is 1.41. The quantitative estimate of drug-likeness (QED) is 0.759. The summed E-state index contributed by atoms with van der Waals surface area (Å²) < 4.78 is 24.4. The van der Waals surface area contributed by atoms with Gasteiger partial charge in [0.15, 0.2) is 0 Å². The fourth-order valence-corrected chi connectivity index (χ4v) is 1.42. The van der Waals surface area contributed by atoms with Gasteiger partial charge in [-0.3, -0.25) is 9.78 Å². The van der Waals surface area contributed by atoms with Crippen LogP contribution in [0, 0.1) is 0 Å². The highest BCUT2D eigenvalue weighted by molar-refractivity contribution is 6.69. The second kappa shape index (κ2) is 4.38. The molecule has 0 radical (unpaired) electrons. The summed E-state index contributed by atoms with van der Waals surface area (Å²) in [6.45, 7) is 0. The molecule has 7 heteroatoms. The lowest BCUT2D eigenvalue weighted by atomic mass is 10.2. The number of aromatic nitrogens is 1. The molecule has 0 spiro atoms. The molecule has 0 aliphatic carbocycles. The van der Waals surface area contributed by atoms with E-state index in [1.807, 2.05) is 0 Å². The summed E-state index contributed by atoms with van der Waals surface area (Å²) in [5, 5.41) is -1.66. The van der Waals surface area contributed by atoms with Crippen molar-refractivity contribution < 1.29 is 13.6 Å². The monoisotopic (exact) mass is 259 g/mol. The Morgan fingerprint density at radius 2 is 1.93 bits per heavy atom. The molecule has 0 unspecified atom stereocenters. The number of nitrogens with zero attached hydrogens (tertiary/aromatic N) is 1. The van der Waals surface area contributed by atoms with Crippen LogP contribution < -0.4 is 0 Å². The molecule has 0 amide bonds. The zero-order valence-corrected chi connectivity index (χ0v) is 8.67. The average Bonchev–Trinajstić information content (AvgIpc) is 2.08. The SMILES string of the molecule is O=C(Cl)c1cnc(C(F)F)c(Cl)c1Cl. The van der Waals surface area contributed by atoms with E-state index >= 15 is 0 Å². The third kappa shape index (κ3) is 2.13. The number of rotatable bonds is 2. The van der Waals surface area contributed by atoms with E-state index in [9.17, 15) is 13.6 Å². The van der Waals surface area contributed by atoms with Crippen molar-refractivity contribution in [3.05, 3.63) is 27.5 Å². The molecule has 0 atom stereocenters. The number of alkyl halides is 2. The number of pyridine rings is 1. The van der Waals surface area contributed by atoms with Crippen LogP contribution in [0.15, 0.2) is 6.20 Å². The molecule has 14 heavy (non-hydrogen) atoms. The van der Waals surface area contributed by atoms with E-state index in [1.165, 1.54) is 0 Å². The summed E-state index contributed by atoms with van der Waals surface area (Å²) >= 11 is 16.1. The fraction of sp³-hybridized carbons (Fsp3) is 0.143. The first-order chi connectivity index (χ1) is 6.45. The zero-order chi connectivity index (χ0) is 10.9. The second-order valence-corrected chi connectivity index (χ2v) is 3.36. The molecular formula is C7H2Cl3F2NO. The van der Waals surface area contributed by atoms with Gasteiger partial charge in [0.05, 0.1) is 15.6 Å². The van der Waals surface area contributed by atoms with Gasteiger partial charge in [0.1, 0.15) is 5.69 Å². The topological polar surface area (TPSA) is 30.0 Å². The smallest absolute Gasteiger partial charge is 0.275 e. The maximum Gasteiger partial charge on any atom is 0.281 e. The number of hydrogen-bond acceptors (Lipinski definition) is 2. The Hall–Kier alpha value is -0.450. The van der Waals surface area contributed by atoms with Crippen LogP contribution in [0.25, 0.3) is 0 Å². The van der Waals surface area contributed by atoms with E-state index in [1.54, 1.807) is 0 Å². The van der Waals surface area contributed by atoms with E-state index in [-0.39, 0.29) is 10.6 Å². The van der Waals surface area contributed by atoms with Crippen molar-refractivity contribution in [2.45, 2.75) is 6.43 Å². The highest BCUT2D eigenvalue weighted by atomic mass is 35.5. The number of hydrogen-bond donors (Lipinski definition) is 0. The maximum atomic E-state index is 12.2. The fourth-order valence-electron chi connectivity index (χ4n) is 0.767.